The lowest BCUT2D eigenvalue weighted by molar-refractivity contribution is 0.242. The van der Waals surface area contributed by atoms with Crippen LogP contribution in [0.25, 0.3) is 0 Å². The van der Waals surface area contributed by atoms with Crippen molar-refractivity contribution in [1.29, 1.82) is 5.26 Å². The molecule has 3 rings (SSSR count). The van der Waals surface area contributed by atoms with Crippen LogP contribution in [0.5, 0.6) is 0 Å². The zero-order valence-corrected chi connectivity index (χ0v) is 13.6. The van der Waals surface area contributed by atoms with E-state index in [0.29, 0.717) is 10.6 Å². The second-order valence-corrected chi connectivity index (χ2v) is 8.12. The summed E-state index contributed by atoms with van der Waals surface area (Å²) in [6.45, 7) is -0.506. The number of benzene rings is 2. The zero-order valence-electron chi connectivity index (χ0n) is 12.1. The van der Waals surface area contributed by atoms with Crippen LogP contribution in [-0.2, 0) is 9.84 Å². The van der Waals surface area contributed by atoms with Gasteiger partial charge in [-0.2, -0.15) is 5.26 Å². The van der Waals surface area contributed by atoms with Gasteiger partial charge in [-0.05, 0) is 29.8 Å². The van der Waals surface area contributed by atoms with E-state index in [1.165, 1.54) is 12.1 Å². The number of sulfone groups is 1. The predicted molar refractivity (Wildman–Crippen MR) is 86.7 cm³/mol. The number of halogens is 1. The summed E-state index contributed by atoms with van der Waals surface area (Å²) in [6.07, 6.45) is 0. The third-order valence-electron chi connectivity index (χ3n) is 4.36. The van der Waals surface area contributed by atoms with Crippen LogP contribution < -0.4 is 0 Å². The molecule has 0 heterocycles. The van der Waals surface area contributed by atoms with Crippen LogP contribution >= 0.6 is 11.6 Å². The Hall–Kier alpha value is -1.87. The molecule has 0 aromatic heterocycles. The fourth-order valence-corrected chi connectivity index (χ4v) is 5.58. The van der Waals surface area contributed by atoms with Gasteiger partial charge in [-0.15, -0.1) is 0 Å². The highest BCUT2D eigenvalue weighted by Crippen LogP contribution is 2.63. The van der Waals surface area contributed by atoms with Crippen LogP contribution in [0, 0.1) is 16.7 Å². The van der Waals surface area contributed by atoms with Gasteiger partial charge >= 0.3 is 0 Å². The van der Waals surface area contributed by atoms with Gasteiger partial charge in [0.15, 0.2) is 9.84 Å². The Bertz CT molecular complexity index is 859. The molecule has 6 heteroatoms. The summed E-state index contributed by atoms with van der Waals surface area (Å²) in [7, 11) is -3.72. The first kappa shape index (κ1) is 16.0. The zero-order chi connectivity index (χ0) is 16.7. The highest BCUT2D eigenvalue weighted by atomic mass is 35.5. The molecule has 118 valence electrons. The van der Waals surface area contributed by atoms with Gasteiger partial charge < -0.3 is 5.11 Å². The van der Waals surface area contributed by atoms with E-state index in [1.807, 2.05) is 6.07 Å². The monoisotopic (exact) mass is 347 g/mol. The number of nitriles is 1. The molecule has 0 saturated heterocycles. The molecule has 0 unspecified atom stereocenters. The first-order chi connectivity index (χ1) is 11.0. The maximum Gasteiger partial charge on any atom is 0.183 e. The molecule has 1 N–H and O–H groups in total. The molecule has 1 saturated carbocycles. The molecule has 1 fully saturated rings. The largest absolute Gasteiger partial charge is 0.395 e. The Labute approximate surface area is 139 Å². The molecule has 1 aliphatic carbocycles. The smallest absolute Gasteiger partial charge is 0.183 e. The predicted octanol–water partition coefficient (Wildman–Crippen LogP) is 2.78. The van der Waals surface area contributed by atoms with Crippen LogP contribution in [0.4, 0.5) is 0 Å². The topological polar surface area (TPSA) is 78.2 Å². The lowest BCUT2D eigenvalue weighted by Gasteiger charge is -2.05. The molecule has 0 spiro atoms. The third-order valence-corrected chi connectivity index (χ3v) is 6.90. The van der Waals surface area contributed by atoms with E-state index in [0.717, 1.165) is 0 Å². The van der Waals surface area contributed by atoms with E-state index >= 15 is 0 Å². The van der Waals surface area contributed by atoms with Gasteiger partial charge in [0, 0.05) is 10.9 Å². The summed E-state index contributed by atoms with van der Waals surface area (Å²) >= 11 is 5.87. The maximum absolute atomic E-state index is 12.9. The van der Waals surface area contributed by atoms with E-state index in [-0.39, 0.29) is 4.90 Å². The lowest BCUT2D eigenvalue weighted by Crippen LogP contribution is -2.18. The average Bonchev–Trinajstić information content (AvgIpc) is 3.27. The quantitative estimate of drug-likeness (QED) is 0.922. The highest BCUT2D eigenvalue weighted by molar-refractivity contribution is 7.92. The number of nitrogens with zero attached hydrogens (tertiary/aromatic N) is 1. The van der Waals surface area contributed by atoms with Crippen molar-refractivity contribution in [3.05, 3.63) is 65.2 Å². The van der Waals surface area contributed by atoms with Crippen molar-refractivity contribution in [2.75, 3.05) is 6.61 Å². The van der Waals surface area contributed by atoms with E-state index in [4.69, 9.17) is 11.6 Å². The van der Waals surface area contributed by atoms with Crippen LogP contribution in [-0.4, -0.2) is 25.4 Å². The normalized spacial score (nSPS) is 26.5. The maximum atomic E-state index is 12.9. The van der Waals surface area contributed by atoms with E-state index < -0.39 is 33.0 Å². The van der Waals surface area contributed by atoms with Crippen LogP contribution in [0.1, 0.15) is 11.5 Å². The Balaban J connectivity index is 2.07. The van der Waals surface area contributed by atoms with Gasteiger partial charge in [0.1, 0.15) is 5.41 Å². The minimum Gasteiger partial charge on any atom is -0.395 e. The summed E-state index contributed by atoms with van der Waals surface area (Å²) < 4.78 is 25.8. The minimum atomic E-state index is -3.72. The van der Waals surface area contributed by atoms with Crippen molar-refractivity contribution in [3.63, 3.8) is 0 Å². The number of hydrogen-bond acceptors (Lipinski definition) is 4. The lowest BCUT2D eigenvalue weighted by atomic mass is 10.0. The average molecular weight is 348 g/mol. The molecule has 0 aliphatic heterocycles. The van der Waals surface area contributed by atoms with Crippen molar-refractivity contribution >= 4 is 21.4 Å². The fourth-order valence-electron chi connectivity index (χ4n) is 3.12. The standard InChI is InChI=1S/C17H14ClNO3S/c18-13-8-6-12(7-9-13)15-16(17(15,10-19)11-20)23(21,22)14-4-2-1-3-5-14/h1-9,15-16,20H,11H2/t15-,16+,17-/m0/s1. The Morgan fingerprint density at radius 3 is 2.26 bits per heavy atom. The van der Waals surface area contributed by atoms with Gasteiger partial charge in [-0.3, -0.25) is 0 Å². The SMILES string of the molecule is N#C[C@@]1(CO)[C@H](S(=O)(=O)c2ccccc2)[C@@H]1c1ccc(Cl)cc1. The second-order valence-electron chi connectivity index (χ2n) is 5.62. The first-order valence-corrected chi connectivity index (χ1v) is 8.96. The molecular weight excluding hydrogens is 334 g/mol. The Morgan fingerprint density at radius 1 is 1.13 bits per heavy atom. The van der Waals surface area contributed by atoms with Crippen molar-refractivity contribution in [1.82, 2.24) is 0 Å². The first-order valence-electron chi connectivity index (χ1n) is 7.04. The molecule has 0 bridgehead atoms. The van der Waals surface area contributed by atoms with Gasteiger partial charge in [0.2, 0.25) is 0 Å². The Morgan fingerprint density at radius 2 is 1.74 bits per heavy atom. The highest BCUT2D eigenvalue weighted by Gasteiger charge is 2.72. The summed E-state index contributed by atoms with van der Waals surface area (Å²) in [5.74, 6) is -0.569. The second kappa shape index (κ2) is 5.64. The summed E-state index contributed by atoms with van der Waals surface area (Å²) in [5, 5.41) is 18.8. The summed E-state index contributed by atoms with van der Waals surface area (Å²) in [6, 6.07) is 16.8. The molecule has 4 nitrogen and oxygen atoms in total. The number of hydrogen-bond donors (Lipinski definition) is 1. The van der Waals surface area contributed by atoms with E-state index in [9.17, 15) is 18.8 Å². The molecule has 3 atom stereocenters. The summed E-state index contributed by atoms with van der Waals surface area (Å²) in [5.41, 5.74) is -0.628. The van der Waals surface area contributed by atoms with Gasteiger partial charge in [-0.1, -0.05) is 41.9 Å². The van der Waals surface area contributed by atoms with Crippen LogP contribution in [0.3, 0.4) is 0 Å². The molecule has 1 aliphatic rings. The van der Waals surface area contributed by atoms with Crippen molar-refractivity contribution in [2.24, 2.45) is 5.41 Å². The fraction of sp³-hybridized carbons (Fsp3) is 0.235. The van der Waals surface area contributed by atoms with Crippen molar-refractivity contribution < 1.29 is 13.5 Å². The molecule has 23 heavy (non-hydrogen) atoms. The van der Waals surface area contributed by atoms with Crippen LogP contribution in [0.2, 0.25) is 5.02 Å². The third kappa shape index (κ3) is 2.43. The molecule has 0 radical (unpaired) electrons. The number of aliphatic hydroxyl groups excluding tert-OH is 1. The van der Waals surface area contributed by atoms with E-state index in [1.54, 1.807) is 42.5 Å². The van der Waals surface area contributed by atoms with Gasteiger partial charge in [-0.25, -0.2) is 8.42 Å². The van der Waals surface area contributed by atoms with Crippen LogP contribution in [0.15, 0.2) is 59.5 Å². The number of rotatable bonds is 4. The molecule has 2 aromatic carbocycles. The number of aliphatic hydroxyl groups is 1. The van der Waals surface area contributed by atoms with Gasteiger partial charge in [0.25, 0.3) is 0 Å². The Kier molecular flexibility index (Phi) is 3.93. The summed E-state index contributed by atoms with van der Waals surface area (Å²) in [4.78, 5) is 0.162. The van der Waals surface area contributed by atoms with Crippen molar-refractivity contribution in [2.45, 2.75) is 16.1 Å². The minimum absolute atomic E-state index is 0.162. The van der Waals surface area contributed by atoms with Crippen molar-refractivity contribution in [3.8, 4) is 6.07 Å². The molecular formula is C17H14ClNO3S. The van der Waals surface area contributed by atoms with E-state index in [2.05, 4.69) is 0 Å². The molecule has 0 amide bonds. The molecule has 2 aromatic rings. The van der Waals surface area contributed by atoms with Gasteiger partial charge in [0.05, 0.1) is 22.8 Å².